The highest BCUT2D eigenvalue weighted by atomic mass is 35.5. The quantitative estimate of drug-likeness (QED) is 0.548. The lowest BCUT2D eigenvalue weighted by Crippen LogP contribution is -2.57. The van der Waals surface area contributed by atoms with Crippen molar-refractivity contribution in [3.05, 3.63) is 64.7 Å². The van der Waals surface area contributed by atoms with Crippen LogP contribution in [0.5, 0.6) is 5.75 Å². The normalized spacial score (nSPS) is 21.7. The number of rotatable bonds is 9. The second-order valence-corrected chi connectivity index (χ2v) is 9.49. The van der Waals surface area contributed by atoms with E-state index < -0.39 is 5.54 Å². The molecule has 7 nitrogen and oxygen atoms in total. The minimum absolute atomic E-state index is 0.0316. The molecule has 2 aliphatic rings. The van der Waals surface area contributed by atoms with Gasteiger partial charge >= 0.3 is 6.03 Å². The summed E-state index contributed by atoms with van der Waals surface area (Å²) in [6, 6.07) is 15.3. The van der Waals surface area contributed by atoms with E-state index in [4.69, 9.17) is 21.1 Å². The van der Waals surface area contributed by atoms with Gasteiger partial charge in [-0.15, -0.1) is 0 Å². The number of hydrogen-bond acceptors (Lipinski definition) is 5. The van der Waals surface area contributed by atoms with Crippen LogP contribution in [0.25, 0.3) is 0 Å². The Morgan fingerprint density at radius 2 is 1.79 bits per heavy atom. The molecular formula is C26H32ClN3O4. The lowest BCUT2D eigenvalue weighted by molar-refractivity contribution is -0.134. The average Bonchev–Trinajstić information content (AvgIpc) is 3.09. The highest BCUT2D eigenvalue weighted by Crippen LogP contribution is 2.37. The number of carbonyl (C=O) groups excluding carboxylic acids is 2. The zero-order valence-corrected chi connectivity index (χ0v) is 20.5. The van der Waals surface area contributed by atoms with Crippen molar-refractivity contribution in [1.82, 2.24) is 15.1 Å². The van der Waals surface area contributed by atoms with Crippen LogP contribution in [0, 0.1) is 5.92 Å². The molecule has 1 atom stereocenters. The van der Waals surface area contributed by atoms with E-state index in [0.29, 0.717) is 13.0 Å². The van der Waals surface area contributed by atoms with Gasteiger partial charge < -0.3 is 14.8 Å². The number of imide groups is 1. The first-order valence-electron chi connectivity index (χ1n) is 11.7. The summed E-state index contributed by atoms with van der Waals surface area (Å²) in [6.45, 7) is 3.11. The fourth-order valence-corrected chi connectivity index (χ4v) is 5.23. The van der Waals surface area contributed by atoms with Crippen LogP contribution in [0.3, 0.4) is 0 Å². The second-order valence-electron chi connectivity index (χ2n) is 9.06. The molecule has 2 aromatic carbocycles. The molecule has 1 N–H and O–H groups in total. The summed E-state index contributed by atoms with van der Waals surface area (Å²) in [5.41, 5.74) is 1.21. The number of nitrogens with one attached hydrogen (secondary N) is 1. The SMILES string of the molecule is COCCN1C(=O)NC(Cc2cccc(OC)c2)(C2CCN(Cc3ccc(Cl)cc3)CC2)C1=O. The predicted molar refractivity (Wildman–Crippen MR) is 131 cm³/mol. The molecule has 0 radical (unpaired) electrons. The van der Waals surface area contributed by atoms with Crippen molar-refractivity contribution in [2.75, 3.05) is 40.5 Å². The van der Waals surface area contributed by atoms with Crippen molar-refractivity contribution >= 4 is 23.5 Å². The fraction of sp³-hybridized carbons (Fsp3) is 0.462. The molecule has 8 heteroatoms. The molecule has 2 fully saturated rings. The molecule has 2 heterocycles. The molecule has 0 bridgehead atoms. The zero-order chi connectivity index (χ0) is 24.1. The first kappa shape index (κ1) is 24.5. The lowest BCUT2D eigenvalue weighted by Gasteiger charge is -2.41. The summed E-state index contributed by atoms with van der Waals surface area (Å²) in [7, 11) is 3.19. The molecular weight excluding hydrogens is 454 g/mol. The van der Waals surface area contributed by atoms with Gasteiger partial charge in [-0.05, 0) is 67.2 Å². The molecule has 0 spiro atoms. The lowest BCUT2D eigenvalue weighted by atomic mass is 9.74. The van der Waals surface area contributed by atoms with Gasteiger partial charge in [-0.2, -0.15) is 0 Å². The van der Waals surface area contributed by atoms with Gasteiger partial charge in [0.25, 0.3) is 5.91 Å². The van der Waals surface area contributed by atoms with Gasteiger partial charge in [0.05, 0.1) is 20.3 Å². The van der Waals surface area contributed by atoms with E-state index >= 15 is 0 Å². The maximum atomic E-state index is 13.7. The van der Waals surface area contributed by atoms with E-state index in [9.17, 15) is 9.59 Å². The molecule has 0 aromatic heterocycles. The molecule has 4 rings (SSSR count). The van der Waals surface area contributed by atoms with E-state index in [1.165, 1.54) is 10.5 Å². The minimum Gasteiger partial charge on any atom is -0.497 e. The largest absolute Gasteiger partial charge is 0.497 e. The van der Waals surface area contributed by atoms with Gasteiger partial charge in [-0.25, -0.2) is 4.79 Å². The molecule has 182 valence electrons. The Morgan fingerprint density at radius 1 is 1.06 bits per heavy atom. The highest BCUT2D eigenvalue weighted by Gasteiger charge is 2.55. The van der Waals surface area contributed by atoms with Crippen molar-refractivity contribution < 1.29 is 19.1 Å². The van der Waals surface area contributed by atoms with Gasteiger partial charge in [-0.3, -0.25) is 14.6 Å². The van der Waals surface area contributed by atoms with Gasteiger partial charge in [0.1, 0.15) is 11.3 Å². The Bertz CT molecular complexity index is 1010. The number of halogens is 1. The van der Waals surface area contributed by atoms with Crippen LogP contribution in [-0.4, -0.2) is 67.7 Å². The van der Waals surface area contributed by atoms with Crippen molar-refractivity contribution in [2.24, 2.45) is 5.92 Å². The predicted octanol–water partition coefficient (Wildman–Crippen LogP) is 3.74. The van der Waals surface area contributed by atoms with Gasteiger partial charge in [0.15, 0.2) is 0 Å². The van der Waals surface area contributed by atoms with Gasteiger partial charge in [0.2, 0.25) is 0 Å². The molecule has 1 unspecified atom stereocenters. The Balaban J connectivity index is 1.53. The van der Waals surface area contributed by atoms with E-state index in [0.717, 1.165) is 48.8 Å². The summed E-state index contributed by atoms with van der Waals surface area (Å²) in [4.78, 5) is 30.3. The number of amides is 3. The molecule has 34 heavy (non-hydrogen) atoms. The van der Waals surface area contributed by atoms with E-state index in [2.05, 4.69) is 10.2 Å². The van der Waals surface area contributed by atoms with Crippen LogP contribution in [0.4, 0.5) is 4.79 Å². The number of benzene rings is 2. The van der Waals surface area contributed by atoms with Crippen molar-refractivity contribution in [2.45, 2.75) is 31.3 Å². The van der Waals surface area contributed by atoms with Crippen molar-refractivity contribution in [3.63, 3.8) is 0 Å². The smallest absolute Gasteiger partial charge is 0.325 e. The number of piperidine rings is 1. The third kappa shape index (κ3) is 5.22. The third-order valence-corrected chi connectivity index (χ3v) is 7.19. The molecule has 2 aromatic rings. The van der Waals surface area contributed by atoms with Crippen LogP contribution >= 0.6 is 11.6 Å². The third-order valence-electron chi connectivity index (χ3n) is 6.94. The Labute approximate surface area is 206 Å². The number of methoxy groups -OCH3 is 2. The first-order valence-corrected chi connectivity index (χ1v) is 12.1. The van der Waals surface area contributed by atoms with Crippen LogP contribution in [-0.2, 0) is 22.5 Å². The number of ether oxygens (including phenoxy) is 2. The average molecular weight is 486 g/mol. The summed E-state index contributed by atoms with van der Waals surface area (Å²) >= 11 is 6.02. The summed E-state index contributed by atoms with van der Waals surface area (Å²) in [5.74, 6) is 0.608. The van der Waals surface area contributed by atoms with E-state index in [-0.39, 0.29) is 24.4 Å². The summed E-state index contributed by atoms with van der Waals surface area (Å²) < 4.78 is 10.5. The van der Waals surface area contributed by atoms with Gasteiger partial charge in [-0.1, -0.05) is 35.9 Å². The fourth-order valence-electron chi connectivity index (χ4n) is 5.11. The van der Waals surface area contributed by atoms with Crippen LogP contribution < -0.4 is 10.1 Å². The van der Waals surface area contributed by atoms with E-state index in [1.54, 1.807) is 14.2 Å². The Hall–Kier alpha value is -2.61. The highest BCUT2D eigenvalue weighted by molar-refractivity contribution is 6.30. The Kier molecular flexibility index (Phi) is 7.76. The summed E-state index contributed by atoms with van der Waals surface area (Å²) in [5, 5.41) is 3.84. The molecule has 0 aliphatic carbocycles. The number of nitrogens with zero attached hydrogens (tertiary/aromatic N) is 2. The van der Waals surface area contributed by atoms with Crippen LogP contribution in [0.1, 0.15) is 24.0 Å². The number of hydrogen-bond donors (Lipinski definition) is 1. The number of urea groups is 1. The van der Waals surface area contributed by atoms with E-state index in [1.807, 2.05) is 48.5 Å². The molecule has 2 saturated heterocycles. The summed E-state index contributed by atoms with van der Waals surface area (Å²) in [6.07, 6.45) is 2.07. The maximum Gasteiger partial charge on any atom is 0.325 e. The molecule has 0 saturated carbocycles. The molecule has 3 amide bonds. The van der Waals surface area contributed by atoms with Gasteiger partial charge in [0, 0.05) is 25.1 Å². The Morgan fingerprint density at radius 3 is 2.47 bits per heavy atom. The standard InChI is InChI=1S/C26H32ClN3O4/c1-33-15-14-30-24(31)26(28-25(30)32,17-20-4-3-5-23(16-20)34-2)21-10-12-29(13-11-21)18-19-6-8-22(27)9-7-19/h3-9,16,21H,10-15,17-18H2,1-2H3,(H,28,32). The maximum absolute atomic E-state index is 13.7. The van der Waals surface area contributed by atoms with Crippen LogP contribution in [0.15, 0.2) is 48.5 Å². The molecule has 2 aliphatic heterocycles. The second kappa shape index (κ2) is 10.8. The van der Waals surface area contributed by atoms with Crippen molar-refractivity contribution in [3.8, 4) is 5.75 Å². The van der Waals surface area contributed by atoms with Crippen LogP contribution in [0.2, 0.25) is 5.02 Å². The topological polar surface area (TPSA) is 71.1 Å². The monoisotopic (exact) mass is 485 g/mol. The number of likely N-dealkylation sites (tertiary alicyclic amines) is 1. The minimum atomic E-state index is -0.969. The van der Waals surface area contributed by atoms with Crippen molar-refractivity contribution in [1.29, 1.82) is 0 Å². The number of carbonyl (C=O) groups is 2. The first-order chi connectivity index (χ1) is 16.4. The zero-order valence-electron chi connectivity index (χ0n) is 19.8.